The lowest BCUT2D eigenvalue weighted by atomic mass is 9.96. The number of carbonyl (C=O) groups is 2. The Morgan fingerprint density at radius 3 is 2.70 bits per heavy atom. The molecule has 0 radical (unpaired) electrons. The van der Waals surface area contributed by atoms with Crippen LogP contribution in [0.1, 0.15) is 37.7 Å². The Hall–Kier alpha value is -1.36. The molecule has 1 heterocycles. The Kier molecular flexibility index (Phi) is 5.05. The number of hydrogen-bond donors (Lipinski definition) is 0. The minimum absolute atomic E-state index is 0.0425. The standard InChI is InChI=1S/C18H22BrNO3/c1-2-23-18(22)12-6-8-20(9-7-12)17(21)16-11-15(16)13-4-3-5-14(19)10-13/h3-5,10,12,15-16H,2,6-9,11H2,1H3. The Balaban J connectivity index is 1.52. The smallest absolute Gasteiger partial charge is 0.309 e. The molecular weight excluding hydrogens is 358 g/mol. The van der Waals surface area contributed by atoms with Crippen LogP contribution in [0, 0.1) is 11.8 Å². The lowest BCUT2D eigenvalue weighted by Crippen LogP contribution is -2.41. The fraction of sp³-hybridized carbons (Fsp3) is 0.556. The molecule has 1 amide bonds. The van der Waals surface area contributed by atoms with Gasteiger partial charge in [0.15, 0.2) is 0 Å². The average molecular weight is 380 g/mol. The highest BCUT2D eigenvalue weighted by Crippen LogP contribution is 2.49. The van der Waals surface area contributed by atoms with Crippen molar-refractivity contribution in [3.63, 3.8) is 0 Å². The summed E-state index contributed by atoms with van der Waals surface area (Å²) in [5.41, 5.74) is 1.24. The molecule has 23 heavy (non-hydrogen) atoms. The number of halogens is 1. The lowest BCUT2D eigenvalue weighted by Gasteiger charge is -2.31. The predicted molar refractivity (Wildman–Crippen MR) is 90.9 cm³/mol. The largest absolute Gasteiger partial charge is 0.466 e. The number of piperidine rings is 1. The van der Waals surface area contributed by atoms with Gasteiger partial charge in [0.25, 0.3) is 0 Å². The van der Waals surface area contributed by atoms with Crippen molar-refractivity contribution in [2.24, 2.45) is 11.8 Å². The zero-order valence-corrected chi connectivity index (χ0v) is 14.9. The molecule has 1 aromatic carbocycles. The van der Waals surface area contributed by atoms with Gasteiger partial charge in [0.05, 0.1) is 12.5 Å². The molecule has 2 unspecified atom stereocenters. The van der Waals surface area contributed by atoms with Gasteiger partial charge in [-0.1, -0.05) is 28.1 Å². The quantitative estimate of drug-likeness (QED) is 0.753. The van der Waals surface area contributed by atoms with Crippen LogP contribution in [0.15, 0.2) is 28.7 Å². The number of amides is 1. The summed E-state index contributed by atoms with van der Waals surface area (Å²) >= 11 is 3.49. The van der Waals surface area contributed by atoms with E-state index < -0.39 is 0 Å². The van der Waals surface area contributed by atoms with Crippen LogP contribution < -0.4 is 0 Å². The molecule has 1 saturated carbocycles. The Labute approximate surface area is 145 Å². The van der Waals surface area contributed by atoms with Gasteiger partial charge in [-0.2, -0.15) is 0 Å². The van der Waals surface area contributed by atoms with Crippen molar-refractivity contribution in [2.45, 2.75) is 32.1 Å². The number of benzene rings is 1. The maximum atomic E-state index is 12.6. The Morgan fingerprint density at radius 1 is 1.30 bits per heavy atom. The third-order valence-electron chi connectivity index (χ3n) is 4.81. The highest BCUT2D eigenvalue weighted by molar-refractivity contribution is 9.10. The van der Waals surface area contributed by atoms with Gasteiger partial charge < -0.3 is 9.64 Å². The first-order valence-corrected chi connectivity index (χ1v) is 9.10. The minimum Gasteiger partial charge on any atom is -0.466 e. The summed E-state index contributed by atoms with van der Waals surface area (Å²) in [6, 6.07) is 8.22. The molecule has 1 aliphatic carbocycles. The zero-order valence-electron chi connectivity index (χ0n) is 13.3. The molecular formula is C18H22BrNO3. The second-order valence-electron chi connectivity index (χ2n) is 6.36. The summed E-state index contributed by atoms with van der Waals surface area (Å²) in [5, 5.41) is 0. The van der Waals surface area contributed by atoms with Crippen LogP contribution in [-0.4, -0.2) is 36.5 Å². The summed E-state index contributed by atoms with van der Waals surface area (Å²) < 4.78 is 6.13. The number of hydrogen-bond acceptors (Lipinski definition) is 3. The maximum absolute atomic E-state index is 12.6. The normalized spacial score (nSPS) is 24.3. The fourth-order valence-corrected chi connectivity index (χ4v) is 3.82. The molecule has 3 rings (SSSR count). The van der Waals surface area contributed by atoms with Crippen molar-refractivity contribution in [1.82, 2.24) is 4.90 Å². The van der Waals surface area contributed by atoms with Gasteiger partial charge in [-0.15, -0.1) is 0 Å². The van der Waals surface area contributed by atoms with E-state index in [9.17, 15) is 9.59 Å². The number of ether oxygens (including phenoxy) is 1. The zero-order chi connectivity index (χ0) is 16.4. The third-order valence-corrected chi connectivity index (χ3v) is 5.30. The van der Waals surface area contributed by atoms with E-state index in [4.69, 9.17) is 4.74 Å². The fourth-order valence-electron chi connectivity index (χ4n) is 3.40. The number of nitrogens with zero attached hydrogens (tertiary/aromatic N) is 1. The highest BCUT2D eigenvalue weighted by atomic mass is 79.9. The van der Waals surface area contributed by atoms with Gasteiger partial charge in [-0.3, -0.25) is 9.59 Å². The van der Waals surface area contributed by atoms with Gasteiger partial charge in [0.2, 0.25) is 5.91 Å². The molecule has 124 valence electrons. The van der Waals surface area contributed by atoms with Crippen molar-refractivity contribution in [3.05, 3.63) is 34.3 Å². The molecule has 1 aromatic rings. The summed E-state index contributed by atoms with van der Waals surface area (Å²) in [7, 11) is 0. The molecule has 0 aromatic heterocycles. The molecule has 0 spiro atoms. The Bertz CT molecular complexity index is 596. The molecule has 0 bridgehead atoms. The number of rotatable bonds is 4. The van der Waals surface area contributed by atoms with E-state index in [1.165, 1.54) is 5.56 Å². The highest BCUT2D eigenvalue weighted by Gasteiger charge is 2.46. The molecule has 4 nitrogen and oxygen atoms in total. The first-order chi connectivity index (χ1) is 11.1. The van der Waals surface area contributed by atoms with Crippen LogP contribution in [0.5, 0.6) is 0 Å². The van der Waals surface area contributed by atoms with Crippen molar-refractivity contribution < 1.29 is 14.3 Å². The maximum Gasteiger partial charge on any atom is 0.309 e. The van der Waals surface area contributed by atoms with Crippen LogP contribution in [0.25, 0.3) is 0 Å². The molecule has 0 N–H and O–H groups in total. The van der Waals surface area contributed by atoms with E-state index in [1.807, 2.05) is 24.0 Å². The van der Waals surface area contributed by atoms with Crippen LogP contribution in [0.4, 0.5) is 0 Å². The summed E-state index contributed by atoms with van der Waals surface area (Å²) in [6.07, 6.45) is 2.38. The van der Waals surface area contributed by atoms with Crippen molar-refractivity contribution in [1.29, 1.82) is 0 Å². The molecule has 5 heteroatoms. The first-order valence-electron chi connectivity index (χ1n) is 8.31. The van der Waals surface area contributed by atoms with Crippen LogP contribution in [0.2, 0.25) is 0 Å². The van der Waals surface area contributed by atoms with E-state index in [2.05, 4.69) is 28.1 Å². The van der Waals surface area contributed by atoms with Crippen LogP contribution in [-0.2, 0) is 14.3 Å². The van der Waals surface area contributed by atoms with E-state index >= 15 is 0 Å². The summed E-state index contributed by atoms with van der Waals surface area (Å²) in [4.78, 5) is 26.3. The van der Waals surface area contributed by atoms with Gasteiger partial charge in [-0.25, -0.2) is 0 Å². The SMILES string of the molecule is CCOC(=O)C1CCN(C(=O)C2CC2c2cccc(Br)c2)CC1. The van der Waals surface area contributed by atoms with E-state index in [0.717, 1.165) is 23.7 Å². The second-order valence-corrected chi connectivity index (χ2v) is 7.27. The third kappa shape index (κ3) is 3.77. The Morgan fingerprint density at radius 2 is 2.04 bits per heavy atom. The molecule has 1 aliphatic heterocycles. The van der Waals surface area contributed by atoms with E-state index in [1.54, 1.807) is 0 Å². The predicted octanol–water partition coefficient (Wildman–Crippen LogP) is 3.35. The average Bonchev–Trinajstić information content (AvgIpc) is 3.35. The van der Waals surface area contributed by atoms with Crippen LogP contribution >= 0.6 is 15.9 Å². The van der Waals surface area contributed by atoms with Gasteiger partial charge in [-0.05, 0) is 49.8 Å². The molecule has 1 saturated heterocycles. The number of esters is 1. The molecule has 2 atom stereocenters. The molecule has 2 aliphatic rings. The number of carbonyl (C=O) groups excluding carboxylic acids is 2. The van der Waals surface area contributed by atoms with Gasteiger partial charge in [0.1, 0.15) is 0 Å². The summed E-state index contributed by atoms with van der Waals surface area (Å²) in [5.74, 6) is 0.556. The summed E-state index contributed by atoms with van der Waals surface area (Å²) in [6.45, 7) is 3.59. The monoisotopic (exact) mass is 379 g/mol. The number of likely N-dealkylation sites (tertiary alicyclic amines) is 1. The lowest BCUT2D eigenvalue weighted by molar-refractivity contribution is -0.151. The van der Waals surface area contributed by atoms with Gasteiger partial charge >= 0.3 is 5.97 Å². The topological polar surface area (TPSA) is 46.6 Å². The molecule has 2 fully saturated rings. The minimum atomic E-state index is -0.113. The second kappa shape index (κ2) is 7.04. The van der Waals surface area contributed by atoms with Gasteiger partial charge in [0, 0.05) is 23.5 Å². The van der Waals surface area contributed by atoms with Crippen molar-refractivity contribution in [2.75, 3.05) is 19.7 Å². The first kappa shape index (κ1) is 16.5. The van der Waals surface area contributed by atoms with E-state index in [-0.39, 0.29) is 23.7 Å². The van der Waals surface area contributed by atoms with Crippen molar-refractivity contribution >= 4 is 27.8 Å². The van der Waals surface area contributed by atoms with E-state index in [0.29, 0.717) is 25.6 Å². The van der Waals surface area contributed by atoms with Crippen LogP contribution in [0.3, 0.4) is 0 Å². The van der Waals surface area contributed by atoms with Crippen molar-refractivity contribution in [3.8, 4) is 0 Å².